The molecule has 0 atom stereocenters. The van der Waals surface area contributed by atoms with Gasteiger partial charge in [-0.25, -0.2) is 9.97 Å². The molecule has 2 aromatic heterocycles. The van der Waals surface area contributed by atoms with Crippen molar-refractivity contribution in [2.45, 2.75) is 13.8 Å². The molecule has 0 aliphatic rings. The monoisotopic (exact) mass is 211 g/mol. The van der Waals surface area contributed by atoms with E-state index in [4.69, 9.17) is 5.73 Å². The minimum atomic E-state index is 0.794. The van der Waals surface area contributed by atoms with E-state index in [1.54, 1.807) is 11.3 Å². The molecule has 2 rings (SSSR count). The highest BCUT2D eigenvalue weighted by atomic mass is 32.1. The van der Waals surface area contributed by atoms with Crippen molar-refractivity contribution >= 4 is 27.7 Å². The summed E-state index contributed by atoms with van der Waals surface area (Å²) in [5, 5.41) is 1.78. The van der Waals surface area contributed by atoms with E-state index in [2.05, 4.69) is 9.97 Å². The number of thiazole rings is 2. The van der Waals surface area contributed by atoms with Crippen LogP contribution in [0.25, 0.3) is 9.88 Å². The van der Waals surface area contributed by atoms with Gasteiger partial charge in [0.1, 0.15) is 10.0 Å². The predicted molar refractivity (Wildman–Crippen MR) is 57.1 cm³/mol. The standard InChI is InChI=1S/C8H9N3S2/c1-4-6(12-3-10-4)8-11-5(2)7(9)13-8/h3H,9H2,1-2H3. The summed E-state index contributed by atoms with van der Waals surface area (Å²) in [6.07, 6.45) is 0. The predicted octanol–water partition coefficient (Wildman–Crippen LogP) is 2.47. The zero-order valence-electron chi connectivity index (χ0n) is 7.37. The second-order valence-electron chi connectivity index (χ2n) is 2.74. The third-order valence-corrected chi connectivity index (χ3v) is 3.84. The Kier molecular flexibility index (Phi) is 2.05. The summed E-state index contributed by atoms with van der Waals surface area (Å²) in [7, 11) is 0. The minimum absolute atomic E-state index is 0.794. The number of rotatable bonds is 1. The molecule has 0 saturated carbocycles. The number of aromatic nitrogens is 2. The second kappa shape index (κ2) is 3.08. The van der Waals surface area contributed by atoms with Crippen molar-refractivity contribution in [3.05, 3.63) is 16.9 Å². The fourth-order valence-corrected chi connectivity index (χ4v) is 2.79. The molecule has 0 radical (unpaired) electrons. The maximum atomic E-state index is 5.74. The molecular weight excluding hydrogens is 202 g/mol. The van der Waals surface area contributed by atoms with E-state index in [1.165, 1.54) is 11.3 Å². The molecule has 0 bridgehead atoms. The van der Waals surface area contributed by atoms with Crippen molar-refractivity contribution in [3.63, 3.8) is 0 Å². The molecule has 0 spiro atoms. The van der Waals surface area contributed by atoms with Crippen LogP contribution in [0, 0.1) is 13.8 Å². The zero-order valence-corrected chi connectivity index (χ0v) is 9.00. The van der Waals surface area contributed by atoms with Gasteiger partial charge in [-0.3, -0.25) is 0 Å². The molecule has 0 amide bonds. The summed E-state index contributed by atoms with van der Waals surface area (Å²) in [6.45, 7) is 3.91. The molecule has 68 valence electrons. The second-order valence-corrected chi connectivity index (χ2v) is 4.62. The molecule has 5 heteroatoms. The fourth-order valence-electron chi connectivity index (χ4n) is 1.01. The Morgan fingerprint density at radius 1 is 1.31 bits per heavy atom. The number of nitrogens with two attached hydrogens (primary N) is 1. The minimum Gasteiger partial charge on any atom is -0.389 e. The lowest BCUT2D eigenvalue weighted by atomic mass is 10.4. The summed E-state index contributed by atoms with van der Waals surface area (Å²) < 4.78 is 0. The molecule has 3 nitrogen and oxygen atoms in total. The molecule has 0 aliphatic heterocycles. The van der Waals surface area contributed by atoms with Gasteiger partial charge < -0.3 is 5.73 Å². The lowest BCUT2D eigenvalue weighted by Gasteiger charge is -1.89. The van der Waals surface area contributed by atoms with Crippen LogP contribution in [0.5, 0.6) is 0 Å². The van der Waals surface area contributed by atoms with Gasteiger partial charge in [0, 0.05) is 0 Å². The number of hydrogen-bond donors (Lipinski definition) is 1. The first-order chi connectivity index (χ1) is 6.18. The highest BCUT2D eigenvalue weighted by Gasteiger charge is 2.10. The highest BCUT2D eigenvalue weighted by Crippen LogP contribution is 2.33. The molecule has 0 unspecified atom stereocenters. The Hall–Kier alpha value is -0.940. The van der Waals surface area contributed by atoms with Crippen molar-refractivity contribution in [1.29, 1.82) is 0 Å². The van der Waals surface area contributed by atoms with Gasteiger partial charge in [0.25, 0.3) is 0 Å². The maximum Gasteiger partial charge on any atom is 0.137 e. The van der Waals surface area contributed by atoms with Gasteiger partial charge in [0.05, 0.1) is 21.8 Å². The molecule has 2 heterocycles. The van der Waals surface area contributed by atoms with Gasteiger partial charge in [0.15, 0.2) is 0 Å². The topological polar surface area (TPSA) is 51.8 Å². The Bertz CT molecular complexity index is 411. The molecule has 0 saturated heterocycles. The van der Waals surface area contributed by atoms with Crippen LogP contribution in [-0.2, 0) is 0 Å². The van der Waals surface area contributed by atoms with Crippen LogP contribution >= 0.6 is 22.7 Å². The van der Waals surface area contributed by atoms with Crippen LogP contribution in [0.1, 0.15) is 11.4 Å². The van der Waals surface area contributed by atoms with E-state index >= 15 is 0 Å². The summed E-state index contributed by atoms with van der Waals surface area (Å²) in [6, 6.07) is 0. The van der Waals surface area contributed by atoms with Crippen LogP contribution in [0.2, 0.25) is 0 Å². The van der Waals surface area contributed by atoms with Gasteiger partial charge in [-0.1, -0.05) is 11.3 Å². The third-order valence-electron chi connectivity index (χ3n) is 1.77. The van der Waals surface area contributed by atoms with Crippen molar-refractivity contribution in [3.8, 4) is 9.88 Å². The van der Waals surface area contributed by atoms with E-state index in [1.807, 2.05) is 19.4 Å². The van der Waals surface area contributed by atoms with Crippen molar-refractivity contribution in [2.75, 3.05) is 5.73 Å². The lowest BCUT2D eigenvalue weighted by Crippen LogP contribution is -1.81. The van der Waals surface area contributed by atoms with E-state index in [0.29, 0.717) is 0 Å². The number of anilines is 1. The molecule has 13 heavy (non-hydrogen) atoms. The first-order valence-electron chi connectivity index (χ1n) is 3.82. The fraction of sp³-hybridized carbons (Fsp3) is 0.250. The molecule has 0 aliphatic carbocycles. The van der Waals surface area contributed by atoms with Gasteiger partial charge in [-0.15, -0.1) is 11.3 Å². The van der Waals surface area contributed by atoms with Crippen LogP contribution in [0.4, 0.5) is 5.00 Å². The Morgan fingerprint density at radius 3 is 2.54 bits per heavy atom. The van der Waals surface area contributed by atoms with E-state index in [-0.39, 0.29) is 0 Å². The third kappa shape index (κ3) is 1.45. The number of aryl methyl sites for hydroxylation is 2. The van der Waals surface area contributed by atoms with Gasteiger partial charge in [-0.05, 0) is 13.8 Å². The summed E-state index contributed by atoms with van der Waals surface area (Å²) in [5.41, 5.74) is 9.50. The lowest BCUT2D eigenvalue weighted by molar-refractivity contribution is 1.24. The average Bonchev–Trinajstić information content (AvgIpc) is 2.60. The summed E-state index contributed by atoms with van der Waals surface area (Å²) in [5.74, 6) is 0. The van der Waals surface area contributed by atoms with Crippen molar-refractivity contribution < 1.29 is 0 Å². The largest absolute Gasteiger partial charge is 0.389 e. The van der Waals surface area contributed by atoms with E-state index in [9.17, 15) is 0 Å². The van der Waals surface area contributed by atoms with Crippen LogP contribution in [0.15, 0.2) is 5.51 Å². The summed E-state index contributed by atoms with van der Waals surface area (Å²) >= 11 is 3.13. The molecule has 0 fully saturated rings. The number of nitrogens with zero attached hydrogens (tertiary/aromatic N) is 2. The van der Waals surface area contributed by atoms with Crippen molar-refractivity contribution in [1.82, 2.24) is 9.97 Å². The average molecular weight is 211 g/mol. The van der Waals surface area contributed by atoms with Crippen LogP contribution in [0.3, 0.4) is 0 Å². The van der Waals surface area contributed by atoms with Crippen LogP contribution in [-0.4, -0.2) is 9.97 Å². The zero-order chi connectivity index (χ0) is 9.42. The maximum absolute atomic E-state index is 5.74. The number of hydrogen-bond acceptors (Lipinski definition) is 5. The van der Waals surface area contributed by atoms with E-state index < -0.39 is 0 Å². The highest BCUT2D eigenvalue weighted by molar-refractivity contribution is 7.23. The quantitative estimate of drug-likeness (QED) is 0.788. The first-order valence-corrected chi connectivity index (χ1v) is 5.51. The summed E-state index contributed by atoms with van der Waals surface area (Å²) in [4.78, 5) is 9.68. The van der Waals surface area contributed by atoms with Gasteiger partial charge in [-0.2, -0.15) is 0 Å². The molecule has 2 aromatic rings. The van der Waals surface area contributed by atoms with Gasteiger partial charge >= 0.3 is 0 Å². The molecule has 2 N–H and O–H groups in total. The van der Waals surface area contributed by atoms with E-state index in [0.717, 1.165) is 26.3 Å². The molecule has 0 aromatic carbocycles. The SMILES string of the molecule is Cc1nc(-c2scnc2C)sc1N. The van der Waals surface area contributed by atoms with Crippen molar-refractivity contribution in [2.24, 2.45) is 0 Å². The smallest absolute Gasteiger partial charge is 0.137 e. The Balaban J connectivity index is 2.53. The Morgan fingerprint density at radius 2 is 2.08 bits per heavy atom. The first kappa shape index (κ1) is 8.65. The van der Waals surface area contributed by atoms with Crippen LogP contribution < -0.4 is 5.73 Å². The normalized spacial score (nSPS) is 10.6. The molecular formula is C8H9N3S2. The van der Waals surface area contributed by atoms with Gasteiger partial charge in [0.2, 0.25) is 0 Å². The number of nitrogen functional groups attached to an aromatic ring is 1. The Labute approximate surface area is 84.3 Å².